The summed E-state index contributed by atoms with van der Waals surface area (Å²) >= 11 is 1.63. The summed E-state index contributed by atoms with van der Waals surface area (Å²) in [5.74, 6) is 1.25. The standard InChI is InChI=1S/C21H23NO4S/c1-14(16-5-9-19-20(13-16)26-12-11-25-19)22-21(24)10-8-18(23)15-3-6-17(27-2)7-4-15/h3-7,9,13-14H,8,10-12H2,1-2H3,(H,22,24). The van der Waals surface area contributed by atoms with Crippen LogP contribution in [0.15, 0.2) is 47.4 Å². The van der Waals surface area contributed by atoms with E-state index in [1.54, 1.807) is 11.8 Å². The Morgan fingerprint density at radius 3 is 2.44 bits per heavy atom. The molecule has 1 aliphatic heterocycles. The van der Waals surface area contributed by atoms with E-state index in [4.69, 9.17) is 9.47 Å². The number of benzene rings is 2. The van der Waals surface area contributed by atoms with Crippen LogP contribution in [0.4, 0.5) is 0 Å². The first-order valence-electron chi connectivity index (χ1n) is 8.93. The van der Waals surface area contributed by atoms with Gasteiger partial charge < -0.3 is 14.8 Å². The molecule has 0 saturated heterocycles. The van der Waals surface area contributed by atoms with Gasteiger partial charge >= 0.3 is 0 Å². The molecule has 0 spiro atoms. The fraction of sp³-hybridized carbons (Fsp3) is 0.333. The van der Waals surface area contributed by atoms with Crippen LogP contribution < -0.4 is 14.8 Å². The van der Waals surface area contributed by atoms with E-state index in [1.807, 2.05) is 55.6 Å². The maximum atomic E-state index is 12.2. The predicted octanol–water partition coefficient (Wildman–Crippen LogP) is 4.02. The zero-order valence-electron chi connectivity index (χ0n) is 15.5. The maximum Gasteiger partial charge on any atom is 0.220 e. The Morgan fingerprint density at radius 1 is 1.04 bits per heavy atom. The van der Waals surface area contributed by atoms with E-state index in [-0.39, 0.29) is 30.6 Å². The molecule has 0 aliphatic carbocycles. The number of Topliss-reactive ketones (excluding diaryl/α,β-unsaturated/α-hetero) is 1. The van der Waals surface area contributed by atoms with E-state index >= 15 is 0 Å². The van der Waals surface area contributed by atoms with E-state index in [0.717, 1.165) is 16.2 Å². The molecule has 2 aromatic rings. The highest BCUT2D eigenvalue weighted by molar-refractivity contribution is 7.98. The maximum absolute atomic E-state index is 12.2. The first kappa shape index (κ1) is 19.3. The monoisotopic (exact) mass is 385 g/mol. The minimum atomic E-state index is -0.177. The van der Waals surface area contributed by atoms with Crippen molar-refractivity contribution < 1.29 is 19.1 Å². The molecule has 5 nitrogen and oxygen atoms in total. The Balaban J connectivity index is 1.51. The van der Waals surface area contributed by atoms with Gasteiger partial charge in [-0.05, 0) is 43.0 Å². The van der Waals surface area contributed by atoms with Gasteiger partial charge in [0, 0.05) is 23.3 Å². The minimum absolute atomic E-state index is 0.0233. The zero-order valence-corrected chi connectivity index (χ0v) is 16.3. The van der Waals surface area contributed by atoms with Gasteiger partial charge in [0.15, 0.2) is 17.3 Å². The molecule has 0 saturated carbocycles. The normalized spacial score (nSPS) is 13.7. The van der Waals surface area contributed by atoms with E-state index in [9.17, 15) is 9.59 Å². The second-order valence-electron chi connectivity index (χ2n) is 6.34. The lowest BCUT2D eigenvalue weighted by Gasteiger charge is -2.21. The number of hydrogen-bond acceptors (Lipinski definition) is 5. The van der Waals surface area contributed by atoms with E-state index in [1.165, 1.54) is 0 Å². The van der Waals surface area contributed by atoms with Gasteiger partial charge in [-0.15, -0.1) is 11.8 Å². The van der Waals surface area contributed by atoms with Crippen LogP contribution in [0.5, 0.6) is 11.5 Å². The van der Waals surface area contributed by atoms with E-state index in [0.29, 0.717) is 24.5 Å². The first-order valence-corrected chi connectivity index (χ1v) is 10.2. The summed E-state index contributed by atoms with van der Waals surface area (Å²) in [5.41, 5.74) is 1.58. The molecule has 0 aromatic heterocycles. The first-order chi connectivity index (χ1) is 13.1. The van der Waals surface area contributed by atoms with Gasteiger partial charge in [-0.25, -0.2) is 0 Å². The molecule has 1 unspecified atom stereocenters. The number of rotatable bonds is 7. The number of fused-ring (bicyclic) bond motifs is 1. The predicted molar refractivity (Wildman–Crippen MR) is 106 cm³/mol. The summed E-state index contributed by atoms with van der Waals surface area (Å²) < 4.78 is 11.1. The third-order valence-corrected chi connectivity index (χ3v) is 5.18. The van der Waals surface area contributed by atoms with Crippen molar-refractivity contribution in [2.45, 2.75) is 30.7 Å². The van der Waals surface area contributed by atoms with E-state index < -0.39 is 0 Å². The van der Waals surface area contributed by atoms with Crippen LogP contribution in [-0.2, 0) is 4.79 Å². The van der Waals surface area contributed by atoms with Gasteiger partial charge in [-0.2, -0.15) is 0 Å². The summed E-state index contributed by atoms with van der Waals surface area (Å²) in [6.07, 6.45) is 2.35. The summed E-state index contributed by atoms with van der Waals surface area (Å²) in [7, 11) is 0. The summed E-state index contributed by atoms with van der Waals surface area (Å²) in [5, 5.41) is 2.94. The van der Waals surface area contributed by atoms with Gasteiger partial charge in [0.1, 0.15) is 13.2 Å². The number of nitrogens with one attached hydrogen (secondary N) is 1. The molecule has 1 atom stereocenters. The van der Waals surface area contributed by atoms with Gasteiger partial charge in [-0.1, -0.05) is 18.2 Å². The number of ketones is 1. The van der Waals surface area contributed by atoms with Crippen LogP contribution in [0.3, 0.4) is 0 Å². The SMILES string of the molecule is CSc1ccc(C(=O)CCC(=O)NC(C)c2ccc3c(c2)OCCO3)cc1. The van der Waals surface area contributed by atoms with Crippen LogP contribution in [0.2, 0.25) is 0 Å². The van der Waals surface area contributed by atoms with Crippen LogP contribution >= 0.6 is 11.8 Å². The lowest BCUT2D eigenvalue weighted by molar-refractivity contribution is -0.121. The molecule has 3 rings (SSSR count). The van der Waals surface area contributed by atoms with Crippen molar-refractivity contribution in [2.24, 2.45) is 0 Å². The lowest BCUT2D eigenvalue weighted by atomic mass is 10.1. The number of amides is 1. The molecule has 1 N–H and O–H groups in total. The average molecular weight is 385 g/mol. The molecule has 1 heterocycles. The number of ether oxygens (including phenoxy) is 2. The summed E-state index contributed by atoms with van der Waals surface area (Å²) in [6, 6.07) is 12.9. The molecule has 6 heteroatoms. The number of carbonyl (C=O) groups is 2. The molecule has 1 aliphatic rings. The minimum Gasteiger partial charge on any atom is -0.486 e. The number of thioether (sulfide) groups is 1. The lowest BCUT2D eigenvalue weighted by Crippen LogP contribution is -2.27. The molecule has 27 heavy (non-hydrogen) atoms. The molecule has 0 fully saturated rings. The summed E-state index contributed by atoms with van der Waals surface area (Å²) in [4.78, 5) is 25.6. The Labute approximate surface area is 163 Å². The Bertz CT molecular complexity index is 819. The Morgan fingerprint density at radius 2 is 1.74 bits per heavy atom. The van der Waals surface area contributed by atoms with Crippen LogP contribution in [0.25, 0.3) is 0 Å². The zero-order chi connectivity index (χ0) is 19.2. The second-order valence-corrected chi connectivity index (χ2v) is 7.22. The van der Waals surface area contributed by atoms with Gasteiger partial charge in [0.25, 0.3) is 0 Å². The van der Waals surface area contributed by atoms with Crippen LogP contribution in [-0.4, -0.2) is 31.2 Å². The Kier molecular flexibility index (Phi) is 6.40. The fourth-order valence-corrected chi connectivity index (χ4v) is 3.28. The largest absolute Gasteiger partial charge is 0.486 e. The second kappa shape index (κ2) is 8.95. The van der Waals surface area contributed by atoms with Crippen LogP contribution in [0.1, 0.15) is 41.7 Å². The van der Waals surface area contributed by atoms with Crippen molar-refractivity contribution in [1.29, 1.82) is 0 Å². The fourth-order valence-electron chi connectivity index (χ4n) is 2.87. The quantitative estimate of drug-likeness (QED) is 0.576. The topological polar surface area (TPSA) is 64.6 Å². The highest BCUT2D eigenvalue weighted by Gasteiger charge is 2.16. The van der Waals surface area contributed by atoms with Crippen molar-refractivity contribution in [2.75, 3.05) is 19.5 Å². The molecule has 0 radical (unpaired) electrons. The van der Waals surface area contributed by atoms with Crippen molar-refractivity contribution in [3.63, 3.8) is 0 Å². The molecule has 142 valence electrons. The van der Waals surface area contributed by atoms with Crippen LogP contribution in [0, 0.1) is 0 Å². The van der Waals surface area contributed by atoms with Crippen molar-refractivity contribution in [1.82, 2.24) is 5.32 Å². The molecular weight excluding hydrogens is 362 g/mol. The number of hydrogen-bond donors (Lipinski definition) is 1. The summed E-state index contributed by atoms with van der Waals surface area (Å²) in [6.45, 7) is 2.98. The molecule has 1 amide bonds. The molecular formula is C21H23NO4S. The average Bonchev–Trinajstić information content (AvgIpc) is 2.71. The van der Waals surface area contributed by atoms with Crippen molar-refractivity contribution >= 4 is 23.5 Å². The third kappa shape index (κ3) is 5.04. The number of carbonyl (C=O) groups excluding carboxylic acids is 2. The Hall–Kier alpha value is -2.47. The van der Waals surface area contributed by atoms with Crippen molar-refractivity contribution in [3.8, 4) is 11.5 Å². The molecule has 2 aromatic carbocycles. The highest BCUT2D eigenvalue weighted by Crippen LogP contribution is 2.32. The van der Waals surface area contributed by atoms with E-state index in [2.05, 4.69) is 5.32 Å². The van der Waals surface area contributed by atoms with Crippen molar-refractivity contribution in [3.05, 3.63) is 53.6 Å². The third-order valence-electron chi connectivity index (χ3n) is 4.43. The van der Waals surface area contributed by atoms with Gasteiger partial charge in [-0.3, -0.25) is 9.59 Å². The highest BCUT2D eigenvalue weighted by atomic mass is 32.2. The van der Waals surface area contributed by atoms with Gasteiger partial charge in [0.05, 0.1) is 6.04 Å². The smallest absolute Gasteiger partial charge is 0.220 e. The molecule has 0 bridgehead atoms. The van der Waals surface area contributed by atoms with Gasteiger partial charge in [0.2, 0.25) is 5.91 Å².